The zero-order valence-corrected chi connectivity index (χ0v) is 6.35. The molecule has 1 amide bonds. The zero-order chi connectivity index (χ0) is 7.84. The van der Waals surface area contributed by atoms with E-state index in [2.05, 4.69) is 5.32 Å². The topological polar surface area (TPSA) is 29.1 Å². The minimum absolute atomic E-state index is 0.0174. The van der Waals surface area contributed by atoms with Crippen molar-refractivity contribution in [2.24, 2.45) is 5.92 Å². The SMILES string of the molecule is O=C1CC2C(F)CCCC2N1. The molecule has 0 aromatic carbocycles. The second-order valence-corrected chi connectivity index (χ2v) is 3.49. The summed E-state index contributed by atoms with van der Waals surface area (Å²) in [4.78, 5) is 10.9. The number of fused-ring (bicyclic) bond motifs is 1. The summed E-state index contributed by atoms with van der Waals surface area (Å²) < 4.78 is 13.1. The van der Waals surface area contributed by atoms with Gasteiger partial charge in [0.05, 0.1) is 0 Å². The van der Waals surface area contributed by atoms with Crippen LogP contribution < -0.4 is 5.32 Å². The van der Waals surface area contributed by atoms with Crippen molar-refractivity contribution in [3.05, 3.63) is 0 Å². The van der Waals surface area contributed by atoms with Crippen molar-refractivity contribution < 1.29 is 9.18 Å². The van der Waals surface area contributed by atoms with E-state index < -0.39 is 6.17 Å². The third-order valence-electron chi connectivity index (χ3n) is 2.74. The number of hydrogen-bond donors (Lipinski definition) is 1. The fraction of sp³-hybridized carbons (Fsp3) is 0.875. The number of carbonyl (C=O) groups excluding carboxylic acids is 1. The van der Waals surface area contributed by atoms with Gasteiger partial charge in [-0.05, 0) is 19.3 Å². The average Bonchev–Trinajstić information content (AvgIpc) is 2.31. The first-order valence-corrected chi connectivity index (χ1v) is 4.21. The lowest BCUT2D eigenvalue weighted by atomic mass is 9.84. The van der Waals surface area contributed by atoms with Crippen LogP contribution in [0.3, 0.4) is 0 Å². The summed E-state index contributed by atoms with van der Waals surface area (Å²) in [5.41, 5.74) is 0. The minimum Gasteiger partial charge on any atom is -0.353 e. The largest absolute Gasteiger partial charge is 0.353 e. The Morgan fingerprint density at radius 3 is 3.00 bits per heavy atom. The van der Waals surface area contributed by atoms with Gasteiger partial charge in [0.2, 0.25) is 5.91 Å². The minimum atomic E-state index is -0.743. The fourth-order valence-electron chi connectivity index (χ4n) is 2.14. The van der Waals surface area contributed by atoms with E-state index in [1.165, 1.54) is 0 Å². The summed E-state index contributed by atoms with van der Waals surface area (Å²) in [6.45, 7) is 0. The Hall–Kier alpha value is -0.600. The molecule has 1 saturated carbocycles. The summed E-state index contributed by atoms with van der Waals surface area (Å²) in [6, 6.07) is 0.145. The number of rotatable bonds is 0. The van der Waals surface area contributed by atoms with Crippen molar-refractivity contribution in [3.8, 4) is 0 Å². The monoisotopic (exact) mass is 157 g/mol. The van der Waals surface area contributed by atoms with Crippen molar-refractivity contribution in [1.82, 2.24) is 5.32 Å². The molecule has 1 aliphatic carbocycles. The first kappa shape index (κ1) is 7.07. The molecule has 62 valence electrons. The van der Waals surface area contributed by atoms with Crippen LogP contribution in [0.15, 0.2) is 0 Å². The van der Waals surface area contributed by atoms with Gasteiger partial charge in [-0.2, -0.15) is 0 Å². The lowest BCUT2D eigenvalue weighted by Crippen LogP contribution is -2.36. The van der Waals surface area contributed by atoms with E-state index in [0.717, 1.165) is 12.8 Å². The van der Waals surface area contributed by atoms with E-state index in [1.54, 1.807) is 0 Å². The van der Waals surface area contributed by atoms with Gasteiger partial charge in [0.1, 0.15) is 6.17 Å². The van der Waals surface area contributed by atoms with Gasteiger partial charge in [0.25, 0.3) is 0 Å². The summed E-state index contributed by atoms with van der Waals surface area (Å²) in [5.74, 6) is 0.0146. The molecule has 2 aliphatic rings. The van der Waals surface area contributed by atoms with Gasteiger partial charge in [-0.3, -0.25) is 4.79 Å². The number of carbonyl (C=O) groups is 1. The molecule has 11 heavy (non-hydrogen) atoms. The van der Waals surface area contributed by atoms with Gasteiger partial charge in [-0.25, -0.2) is 4.39 Å². The number of hydrogen-bond acceptors (Lipinski definition) is 1. The van der Waals surface area contributed by atoms with Crippen LogP contribution in [0.2, 0.25) is 0 Å². The Kier molecular flexibility index (Phi) is 1.59. The quantitative estimate of drug-likeness (QED) is 0.558. The molecule has 3 unspecified atom stereocenters. The van der Waals surface area contributed by atoms with Crippen LogP contribution in [0, 0.1) is 5.92 Å². The van der Waals surface area contributed by atoms with Crippen molar-refractivity contribution in [3.63, 3.8) is 0 Å². The van der Waals surface area contributed by atoms with Gasteiger partial charge in [-0.1, -0.05) is 0 Å². The number of nitrogens with one attached hydrogen (secondary N) is 1. The van der Waals surface area contributed by atoms with Crippen LogP contribution >= 0.6 is 0 Å². The van der Waals surface area contributed by atoms with E-state index in [-0.39, 0.29) is 17.9 Å². The van der Waals surface area contributed by atoms with Crippen molar-refractivity contribution in [2.75, 3.05) is 0 Å². The summed E-state index contributed by atoms with van der Waals surface area (Å²) >= 11 is 0. The predicted octanol–water partition coefficient (Wildman–Crippen LogP) is 1.01. The first-order valence-electron chi connectivity index (χ1n) is 4.21. The molecule has 0 spiro atoms. The van der Waals surface area contributed by atoms with Crippen LogP contribution in [-0.4, -0.2) is 18.1 Å². The summed E-state index contributed by atoms with van der Waals surface area (Å²) in [5, 5.41) is 2.81. The fourth-order valence-corrected chi connectivity index (χ4v) is 2.14. The number of amides is 1. The number of alkyl halides is 1. The van der Waals surface area contributed by atoms with E-state index in [0.29, 0.717) is 12.8 Å². The molecule has 3 atom stereocenters. The maximum Gasteiger partial charge on any atom is 0.220 e. The third kappa shape index (κ3) is 1.12. The standard InChI is InChI=1S/C8H12FNO/c9-6-2-1-3-7-5(6)4-8(11)10-7/h5-7H,1-4H2,(H,10,11). The van der Waals surface area contributed by atoms with Crippen LogP contribution in [0.1, 0.15) is 25.7 Å². The van der Waals surface area contributed by atoms with Gasteiger partial charge in [0, 0.05) is 18.4 Å². The molecular weight excluding hydrogens is 145 g/mol. The van der Waals surface area contributed by atoms with E-state index in [1.807, 2.05) is 0 Å². The van der Waals surface area contributed by atoms with Gasteiger partial charge in [-0.15, -0.1) is 0 Å². The van der Waals surface area contributed by atoms with E-state index in [9.17, 15) is 9.18 Å². The van der Waals surface area contributed by atoms with Crippen LogP contribution in [0.4, 0.5) is 4.39 Å². The molecule has 0 aromatic heterocycles. The van der Waals surface area contributed by atoms with Crippen molar-refractivity contribution >= 4 is 5.91 Å². The molecule has 1 heterocycles. The van der Waals surface area contributed by atoms with Gasteiger partial charge >= 0.3 is 0 Å². The van der Waals surface area contributed by atoms with Gasteiger partial charge in [0.15, 0.2) is 0 Å². The Morgan fingerprint density at radius 1 is 1.45 bits per heavy atom. The maximum atomic E-state index is 13.1. The molecule has 0 aromatic rings. The zero-order valence-electron chi connectivity index (χ0n) is 6.35. The third-order valence-corrected chi connectivity index (χ3v) is 2.74. The van der Waals surface area contributed by atoms with Crippen LogP contribution in [0.25, 0.3) is 0 Å². The summed E-state index contributed by atoms with van der Waals surface area (Å²) in [6.07, 6.45) is 2.20. The van der Waals surface area contributed by atoms with Crippen molar-refractivity contribution in [2.45, 2.75) is 37.9 Å². The highest BCUT2D eigenvalue weighted by Gasteiger charge is 2.40. The second kappa shape index (κ2) is 2.47. The summed E-state index contributed by atoms with van der Waals surface area (Å²) in [7, 11) is 0. The Labute approximate surface area is 65.2 Å². The van der Waals surface area contributed by atoms with Crippen LogP contribution in [0.5, 0.6) is 0 Å². The molecule has 2 fully saturated rings. The number of halogens is 1. The normalized spacial score (nSPS) is 43.4. The molecule has 0 radical (unpaired) electrons. The highest BCUT2D eigenvalue weighted by molar-refractivity contribution is 5.79. The van der Waals surface area contributed by atoms with Crippen molar-refractivity contribution in [1.29, 1.82) is 0 Å². The molecule has 2 rings (SSSR count). The Morgan fingerprint density at radius 2 is 2.27 bits per heavy atom. The lowest BCUT2D eigenvalue weighted by Gasteiger charge is -2.27. The van der Waals surface area contributed by atoms with Gasteiger partial charge < -0.3 is 5.32 Å². The molecular formula is C8H12FNO. The second-order valence-electron chi connectivity index (χ2n) is 3.49. The first-order chi connectivity index (χ1) is 5.27. The van der Waals surface area contributed by atoms with E-state index in [4.69, 9.17) is 0 Å². The lowest BCUT2D eigenvalue weighted by molar-refractivity contribution is -0.119. The molecule has 0 bridgehead atoms. The Bertz CT molecular complexity index is 183. The average molecular weight is 157 g/mol. The molecule has 3 heteroatoms. The maximum absolute atomic E-state index is 13.1. The molecule has 1 aliphatic heterocycles. The molecule has 1 N–H and O–H groups in total. The smallest absolute Gasteiger partial charge is 0.220 e. The molecule has 2 nitrogen and oxygen atoms in total. The Balaban J connectivity index is 2.09. The van der Waals surface area contributed by atoms with E-state index >= 15 is 0 Å². The predicted molar refractivity (Wildman–Crippen MR) is 38.8 cm³/mol. The molecule has 1 saturated heterocycles. The highest BCUT2D eigenvalue weighted by atomic mass is 19.1. The van der Waals surface area contributed by atoms with Crippen LogP contribution in [-0.2, 0) is 4.79 Å². The highest BCUT2D eigenvalue weighted by Crippen LogP contribution is 2.33.